The highest BCUT2D eigenvalue weighted by Gasteiger charge is 2.25. The first kappa shape index (κ1) is 12.9. The second-order valence-electron chi connectivity index (χ2n) is 4.45. The maximum absolute atomic E-state index is 6.05. The predicted octanol–water partition coefficient (Wildman–Crippen LogP) is 1.96. The third-order valence-corrected chi connectivity index (χ3v) is 3.21. The molecule has 3 atom stereocenters. The van der Waals surface area contributed by atoms with Crippen molar-refractivity contribution in [3.63, 3.8) is 0 Å². The molecule has 15 heavy (non-hydrogen) atoms. The molecule has 3 nitrogen and oxygen atoms in total. The van der Waals surface area contributed by atoms with Crippen molar-refractivity contribution in [2.24, 2.45) is 0 Å². The summed E-state index contributed by atoms with van der Waals surface area (Å²) in [5.41, 5.74) is 0. The van der Waals surface area contributed by atoms with Crippen LogP contribution in [0.25, 0.3) is 0 Å². The fraction of sp³-hybridized carbons (Fsp3) is 1.00. The molecule has 1 aliphatic carbocycles. The quantitative estimate of drug-likeness (QED) is 0.734. The number of hydrogen-bond acceptors (Lipinski definition) is 3. The molecule has 0 aromatic rings. The summed E-state index contributed by atoms with van der Waals surface area (Å²) in [5.74, 6) is 0. The van der Waals surface area contributed by atoms with E-state index in [1.54, 1.807) is 7.11 Å². The van der Waals surface area contributed by atoms with E-state index < -0.39 is 0 Å². The Kier molecular flexibility index (Phi) is 6.22. The zero-order chi connectivity index (χ0) is 11.1. The van der Waals surface area contributed by atoms with Gasteiger partial charge in [-0.3, -0.25) is 0 Å². The molecular weight excluding hydrogens is 190 g/mol. The molecule has 1 aliphatic rings. The van der Waals surface area contributed by atoms with E-state index in [0.717, 1.165) is 13.0 Å². The molecule has 0 heterocycles. The fourth-order valence-electron chi connectivity index (χ4n) is 2.24. The zero-order valence-electron chi connectivity index (χ0n) is 10.3. The van der Waals surface area contributed by atoms with E-state index >= 15 is 0 Å². The van der Waals surface area contributed by atoms with E-state index in [4.69, 9.17) is 9.47 Å². The van der Waals surface area contributed by atoms with E-state index in [0.29, 0.717) is 18.2 Å². The van der Waals surface area contributed by atoms with Crippen molar-refractivity contribution in [1.82, 2.24) is 5.32 Å². The van der Waals surface area contributed by atoms with Crippen molar-refractivity contribution in [3.05, 3.63) is 0 Å². The lowest BCUT2D eigenvalue weighted by atomic mass is 9.92. The number of ether oxygens (including phenoxy) is 2. The van der Waals surface area contributed by atoms with Gasteiger partial charge in [0, 0.05) is 19.8 Å². The first-order valence-electron chi connectivity index (χ1n) is 6.09. The Hall–Kier alpha value is -0.120. The average molecular weight is 215 g/mol. The van der Waals surface area contributed by atoms with Crippen molar-refractivity contribution in [3.8, 4) is 0 Å². The molecule has 0 radical (unpaired) electrons. The maximum atomic E-state index is 6.05. The topological polar surface area (TPSA) is 30.5 Å². The van der Waals surface area contributed by atoms with Crippen LogP contribution in [0.5, 0.6) is 0 Å². The van der Waals surface area contributed by atoms with Gasteiger partial charge in [0.1, 0.15) is 0 Å². The smallest absolute Gasteiger partial charge is 0.0731 e. The monoisotopic (exact) mass is 215 g/mol. The second-order valence-corrected chi connectivity index (χ2v) is 4.45. The van der Waals surface area contributed by atoms with Gasteiger partial charge in [-0.05, 0) is 33.2 Å². The summed E-state index contributed by atoms with van der Waals surface area (Å²) in [6, 6.07) is 0.545. The van der Waals surface area contributed by atoms with Crippen molar-refractivity contribution >= 4 is 0 Å². The van der Waals surface area contributed by atoms with Crippen LogP contribution in [0.4, 0.5) is 0 Å². The number of rotatable bonds is 6. The molecule has 0 aliphatic heterocycles. The largest absolute Gasteiger partial charge is 0.385 e. The van der Waals surface area contributed by atoms with Gasteiger partial charge in [0.2, 0.25) is 0 Å². The van der Waals surface area contributed by atoms with Crippen LogP contribution in [-0.4, -0.2) is 39.0 Å². The molecule has 0 spiro atoms. The second kappa shape index (κ2) is 7.20. The SMILES string of the molecule is CNC1CCCCC1OC(C)CCOC. The minimum atomic E-state index is 0.309. The van der Waals surface area contributed by atoms with E-state index in [2.05, 4.69) is 12.2 Å². The van der Waals surface area contributed by atoms with Crippen molar-refractivity contribution < 1.29 is 9.47 Å². The lowest BCUT2D eigenvalue weighted by Crippen LogP contribution is -2.43. The van der Waals surface area contributed by atoms with Crippen LogP contribution in [0.2, 0.25) is 0 Å². The third-order valence-electron chi connectivity index (χ3n) is 3.21. The maximum Gasteiger partial charge on any atom is 0.0731 e. The molecular formula is C12H25NO2. The molecule has 1 saturated carbocycles. The molecule has 0 bridgehead atoms. The minimum Gasteiger partial charge on any atom is -0.385 e. The third kappa shape index (κ3) is 4.49. The van der Waals surface area contributed by atoms with Gasteiger partial charge in [-0.1, -0.05) is 12.8 Å². The van der Waals surface area contributed by atoms with Crippen LogP contribution in [0.3, 0.4) is 0 Å². The van der Waals surface area contributed by atoms with Gasteiger partial charge in [0.15, 0.2) is 0 Å². The molecule has 0 aromatic heterocycles. The Morgan fingerprint density at radius 2 is 2.07 bits per heavy atom. The molecule has 90 valence electrons. The van der Waals surface area contributed by atoms with Crippen LogP contribution in [-0.2, 0) is 9.47 Å². The van der Waals surface area contributed by atoms with Crippen molar-refractivity contribution in [2.45, 2.75) is 57.3 Å². The minimum absolute atomic E-state index is 0.309. The Morgan fingerprint density at radius 3 is 2.73 bits per heavy atom. The number of methoxy groups -OCH3 is 1. The van der Waals surface area contributed by atoms with Gasteiger partial charge >= 0.3 is 0 Å². The Balaban J connectivity index is 2.27. The van der Waals surface area contributed by atoms with Crippen LogP contribution in [0, 0.1) is 0 Å². The summed E-state index contributed by atoms with van der Waals surface area (Å²) in [7, 11) is 3.77. The molecule has 0 aromatic carbocycles. The Morgan fingerprint density at radius 1 is 1.33 bits per heavy atom. The van der Waals surface area contributed by atoms with Crippen LogP contribution in [0.15, 0.2) is 0 Å². The first-order valence-corrected chi connectivity index (χ1v) is 6.09. The van der Waals surface area contributed by atoms with E-state index in [1.165, 1.54) is 25.7 Å². The lowest BCUT2D eigenvalue weighted by molar-refractivity contribution is -0.0472. The standard InChI is InChI=1S/C12H25NO2/c1-10(8-9-14-3)15-12-7-5-4-6-11(12)13-2/h10-13H,4-9H2,1-3H3. The van der Waals surface area contributed by atoms with E-state index in [-0.39, 0.29) is 0 Å². The van der Waals surface area contributed by atoms with Gasteiger partial charge in [-0.2, -0.15) is 0 Å². The summed E-state index contributed by atoms with van der Waals surface area (Å²) in [5, 5.41) is 3.36. The zero-order valence-corrected chi connectivity index (χ0v) is 10.3. The lowest BCUT2D eigenvalue weighted by Gasteiger charge is -2.33. The molecule has 0 saturated heterocycles. The molecule has 3 unspecified atom stereocenters. The van der Waals surface area contributed by atoms with Crippen LogP contribution in [0.1, 0.15) is 39.0 Å². The van der Waals surface area contributed by atoms with Gasteiger partial charge in [0.25, 0.3) is 0 Å². The van der Waals surface area contributed by atoms with Gasteiger partial charge in [-0.15, -0.1) is 0 Å². The number of nitrogens with one attached hydrogen (secondary N) is 1. The predicted molar refractivity (Wildman–Crippen MR) is 62.1 cm³/mol. The average Bonchev–Trinajstić information content (AvgIpc) is 2.27. The normalized spacial score (nSPS) is 29.0. The summed E-state index contributed by atoms with van der Waals surface area (Å²) >= 11 is 0. The summed E-state index contributed by atoms with van der Waals surface area (Å²) in [6.07, 6.45) is 6.78. The highest BCUT2D eigenvalue weighted by atomic mass is 16.5. The van der Waals surface area contributed by atoms with Gasteiger partial charge in [0.05, 0.1) is 12.2 Å². The molecule has 1 N–H and O–H groups in total. The van der Waals surface area contributed by atoms with Crippen LogP contribution < -0.4 is 5.32 Å². The molecule has 0 amide bonds. The highest BCUT2D eigenvalue weighted by Crippen LogP contribution is 2.22. The fourth-order valence-corrected chi connectivity index (χ4v) is 2.24. The van der Waals surface area contributed by atoms with Crippen molar-refractivity contribution in [2.75, 3.05) is 20.8 Å². The highest BCUT2D eigenvalue weighted by molar-refractivity contribution is 4.81. The molecule has 3 heteroatoms. The van der Waals surface area contributed by atoms with E-state index in [9.17, 15) is 0 Å². The Labute approximate surface area is 93.5 Å². The van der Waals surface area contributed by atoms with Gasteiger partial charge in [-0.25, -0.2) is 0 Å². The summed E-state index contributed by atoms with van der Waals surface area (Å²) < 4.78 is 11.1. The summed E-state index contributed by atoms with van der Waals surface area (Å²) in [4.78, 5) is 0. The summed E-state index contributed by atoms with van der Waals surface area (Å²) in [6.45, 7) is 2.93. The number of hydrogen-bond donors (Lipinski definition) is 1. The number of likely N-dealkylation sites (N-methyl/N-ethyl adjacent to an activating group) is 1. The van der Waals surface area contributed by atoms with Gasteiger partial charge < -0.3 is 14.8 Å². The molecule has 1 rings (SSSR count). The van der Waals surface area contributed by atoms with Crippen molar-refractivity contribution in [1.29, 1.82) is 0 Å². The molecule has 1 fully saturated rings. The first-order chi connectivity index (χ1) is 7.27. The van der Waals surface area contributed by atoms with Crippen LogP contribution >= 0.6 is 0 Å². The van der Waals surface area contributed by atoms with E-state index in [1.807, 2.05) is 7.05 Å². The Bertz CT molecular complexity index is 164.